The number of aryl methyl sites for hydroxylation is 2. The summed E-state index contributed by atoms with van der Waals surface area (Å²) in [6.07, 6.45) is 3.31. The van der Waals surface area contributed by atoms with Gasteiger partial charge in [0.1, 0.15) is 0 Å². The molecular formula is C15H16BrN. The highest BCUT2D eigenvalue weighted by Gasteiger charge is 2.00. The van der Waals surface area contributed by atoms with Crippen LogP contribution in [0.1, 0.15) is 17.5 Å². The van der Waals surface area contributed by atoms with Crippen molar-refractivity contribution in [2.24, 2.45) is 0 Å². The lowest BCUT2D eigenvalue weighted by molar-refractivity contribution is 0.818. The highest BCUT2D eigenvalue weighted by Crippen LogP contribution is 2.21. The zero-order valence-electron chi connectivity index (χ0n) is 9.70. The molecule has 1 nitrogen and oxygen atoms in total. The maximum Gasteiger partial charge on any atom is 0.0317 e. The van der Waals surface area contributed by atoms with Crippen molar-refractivity contribution >= 4 is 21.6 Å². The van der Waals surface area contributed by atoms with Crippen LogP contribution < -0.4 is 5.73 Å². The predicted molar refractivity (Wildman–Crippen MR) is 77.0 cm³/mol. The molecule has 2 N–H and O–H groups in total. The Bertz CT molecular complexity index is 480. The smallest absolute Gasteiger partial charge is 0.0317 e. The van der Waals surface area contributed by atoms with Crippen molar-refractivity contribution < 1.29 is 0 Å². The van der Waals surface area contributed by atoms with Crippen molar-refractivity contribution in [3.63, 3.8) is 0 Å². The fourth-order valence-electron chi connectivity index (χ4n) is 1.91. The number of hydrogen-bond acceptors (Lipinski definition) is 1. The van der Waals surface area contributed by atoms with Crippen molar-refractivity contribution in [2.45, 2.75) is 19.3 Å². The zero-order chi connectivity index (χ0) is 12.1. The number of benzene rings is 2. The van der Waals surface area contributed by atoms with Gasteiger partial charge in [-0.25, -0.2) is 0 Å². The van der Waals surface area contributed by atoms with E-state index in [9.17, 15) is 0 Å². The number of nitrogen functional groups attached to an aromatic ring is 1. The number of halogens is 1. The average molecular weight is 290 g/mol. The van der Waals surface area contributed by atoms with E-state index in [0.717, 1.165) is 29.4 Å². The number of nitrogens with two attached hydrogens (primary N) is 1. The highest BCUT2D eigenvalue weighted by molar-refractivity contribution is 9.10. The molecule has 2 aromatic rings. The standard InChI is InChI=1S/C15H16BrN/c16-15-10-9-14(17)11-13(15)8-4-7-12-5-2-1-3-6-12/h1-3,5-6,9-11H,4,7-8,17H2. The minimum Gasteiger partial charge on any atom is -0.399 e. The number of anilines is 1. The summed E-state index contributed by atoms with van der Waals surface area (Å²) in [5.41, 5.74) is 9.31. The first-order valence-electron chi connectivity index (χ1n) is 5.83. The molecule has 0 aliphatic carbocycles. The third-order valence-electron chi connectivity index (χ3n) is 2.82. The highest BCUT2D eigenvalue weighted by atomic mass is 79.9. The van der Waals surface area contributed by atoms with Crippen LogP contribution in [-0.4, -0.2) is 0 Å². The molecule has 0 spiro atoms. The Hall–Kier alpha value is -1.28. The van der Waals surface area contributed by atoms with Crippen LogP contribution in [0.25, 0.3) is 0 Å². The predicted octanol–water partition coefficient (Wildman–Crippen LogP) is 4.21. The molecule has 17 heavy (non-hydrogen) atoms. The molecule has 2 aromatic carbocycles. The first-order chi connectivity index (χ1) is 8.25. The lowest BCUT2D eigenvalue weighted by atomic mass is 10.0. The van der Waals surface area contributed by atoms with Gasteiger partial charge in [0.05, 0.1) is 0 Å². The summed E-state index contributed by atoms with van der Waals surface area (Å²) in [5.74, 6) is 0. The Kier molecular flexibility index (Phi) is 4.21. The van der Waals surface area contributed by atoms with Gasteiger partial charge in [-0.3, -0.25) is 0 Å². The maximum absolute atomic E-state index is 5.79. The van der Waals surface area contributed by atoms with Gasteiger partial charge in [-0.15, -0.1) is 0 Å². The summed E-state index contributed by atoms with van der Waals surface area (Å²) in [6.45, 7) is 0. The van der Waals surface area contributed by atoms with Gasteiger partial charge in [0.15, 0.2) is 0 Å². The van der Waals surface area contributed by atoms with Crippen molar-refractivity contribution in [3.05, 3.63) is 64.1 Å². The molecule has 0 radical (unpaired) electrons. The van der Waals surface area contributed by atoms with Crippen LogP contribution in [0.4, 0.5) is 5.69 Å². The van der Waals surface area contributed by atoms with E-state index in [1.54, 1.807) is 0 Å². The summed E-state index contributed by atoms with van der Waals surface area (Å²) < 4.78 is 1.15. The molecule has 0 amide bonds. The van der Waals surface area contributed by atoms with E-state index >= 15 is 0 Å². The number of hydrogen-bond donors (Lipinski definition) is 1. The van der Waals surface area contributed by atoms with Crippen LogP contribution in [0.15, 0.2) is 53.0 Å². The molecular weight excluding hydrogens is 274 g/mol. The normalized spacial score (nSPS) is 10.4. The molecule has 0 saturated carbocycles. The third kappa shape index (κ3) is 3.60. The molecule has 0 aliphatic rings. The maximum atomic E-state index is 5.79. The topological polar surface area (TPSA) is 26.0 Å². The third-order valence-corrected chi connectivity index (χ3v) is 3.60. The Morgan fingerprint density at radius 1 is 0.941 bits per heavy atom. The minimum atomic E-state index is 0.836. The largest absolute Gasteiger partial charge is 0.399 e. The van der Waals surface area contributed by atoms with Gasteiger partial charge in [-0.1, -0.05) is 46.3 Å². The molecule has 0 aromatic heterocycles. The van der Waals surface area contributed by atoms with Gasteiger partial charge in [0, 0.05) is 10.2 Å². The van der Waals surface area contributed by atoms with Crippen LogP contribution in [0.2, 0.25) is 0 Å². The minimum absolute atomic E-state index is 0.836. The van der Waals surface area contributed by atoms with E-state index in [-0.39, 0.29) is 0 Å². The van der Waals surface area contributed by atoms with Gasteiger partial charge in [-0.05, 0) is 48.6 Å². The van der Waals surface area contributed by atoms with Crippen LogP contribution in [-0.2, 0) is 12.8 Å². The summed E-state index contributed by atoms with van der Waals surface area (Å²) in [4.78, 5) is 0. The SMILES string of the molecule is Nc1ccc(Br)c(CCCc2ccccc2)c1. The Morgan fingerprint density at radius 3 is 2.47 bits per heavy atom. The quantitative estimate of drug-likeness (QED) is 0.839. The molecule has 88 valence electrons. The second-order valence-corrected chi connectivity index (χ2v) is 5.04. The van der Waals surface area contributed by atoms with Crippen LogP contribution in [0.3, 0.4) is 0 Å². The molecule has 2 heteroatoms. The van der Waals surface area contributed by atoms with Crippen LogP contribution in [0.5, 0.6) is 0 Å². The molecule has 0 unspecified atom stereocenters. The van der Waals surface area contributed by atoms with E-state index in [1.165, 1.54) is 11.1 Å². The second-order valence-electron chi connectivity index (χ2n) is 4.19. The lowest BCUT2D eigenvalue weighted by Crippen LogP contribution is -1.93. The van der Waals surface area contributed by atoms with Crippen molar-refractivity contribution in [3.8, 4) is 0 Å². The first-order valence-corrected chi connectivity index (χ1v) is 6.63. The molecule has 0 saturated heterocycles. The van der Waals surface area contributed by atoms with E-state index in [0.29, 0.717) is 0 Å². The van der Waals surface area contributed by atoms with E-state index < -0.39 is 0 Å². The van der Waals surface area contributed by atoms with Gasteiger partial charge in [0.25, 0.3) is 0 Å². The van der Waals surface area contributed by atoms with Crippen molar-refractivity contribution in [1.82, 2.24) is 0 Å². The zero-order valence-corrected chi connectivity index (χ0v) is 11.3. The summed E-state index contributed by atoms with van der Waals surface area (Å²) in [5, 5.41) is 0. The molecule has 0 aliphatic heterocycles. The summed E-state index contributed by atoms with van der Waals surface area (Å²) >= 11 is 3.56. The van der Waals surface area contributed by atoms with Gasteiger partial charge < -0.3 is 5.73 Å². The van der Waals surface area contributed by atoms with E-state index in [1.807, 2.05) is 12.1 Å². The summed E-state index contributed by atoms with van der Waals surface area (Å²) in [7, 11) is 0. The molecule has 0 fully saturated rings. The Morgan fingerprint density at radius 2 is 1.71 bits per heavy atom. The van der Waals surface area contributed by atoms with E-state index in [4.69, 9.17) is 5.73 Å². The second kappa shape index (κ2) is 5.87. The molecule has 0 bridgehead atoms. The monoisotopic (exact) mass is 289 g/mol. The van der Waals surface area contributed by atoms with Crippen LogP contribution >= 0.6 is 15.9 Å². The van der Waals surface area contributed by atoms with Gasteiger partial charge >= 0.3 is 0 Å². The first kappa shape index (κ1) is 12.2. The van der Waals surface area contributed by atoms with Crippen molar-refractivity contribution in [1.29, 1.82) is 0 Å². The fraction of sp³-hybridized carbons (Fsp3) is 0.200. The van der Waals surface area contributed by atoms with Gasteiger partial charge in [-0.2, -0.15) is 0 Å². The molecule has 0 atom stereocenters. The molecule has 2 rings (SSSR count). The lowest BCUT2D eigenvalue weighted by Gasteiger charge is -2.06. The fourth-order valence-corrected chi connectivity index (χ4v) is 2.36. The Balaban J connectivity index is 1.92. The summed E-state index contributed by atoms with van der Waals surface area (Å²) in [6, 6.07) is 16.6. The van der Waals surface area contributed by atoms with E-state index in [2.05, 4.69) is 52.3 Å². The Labute approximate surface area is 111 Å². The van der Waals surface area contributed by atoms with Gasteiger partial charge in [0.2, 0.25) is 0 Å². The van der Waals surface area contributed by atoms with Crippen LogP contribution in [0, 0.1) is 0 Å². The molecule has 0 heterocycles. The number of rotatable bonds is 4. The average Bonchev–Trinajstić information content (AvgIpc) is 2.35. The van der Waals surface area contributed by atoms with Crippen molar-refractivity contribution in [2.75, 3.05) is 5.73 Å².